The van der Waals surface area contributed by atoms with Crippen molar-refractivity contribution in [3.8, 4) is 0 Å². The van der Waals surface area contributed by atoms with E-state index >= 15 is 0 Å². The van der Waals surface area contributed by atoms with Crippen LogP contribution >= 0.6 is 23.1 Å². The van der Waals surface area contributed by atoms with Gasteiger partial charge in [0.25, 0.3) is 0 Å². The van der Waals surface area contributed by atoms with E-state index in [9.17, 15) is 0 Å². The van der Waals surface area contributed by atoms with Gasteiger partial charge in [0.05, 0.1) is 5.84 Å². The fourth-order valence-electron chi connectivity index (χ4n) is 1.54. The molecule has 1 heterocycles. The zero-order valence-electron chi connectivity index (χ0n) is 9.96. The first kappa shape index (κ1) is 13.0. The molecule has 0 bridgehead atoms. The second-order valence-corrected chi connectivity index (χ2v) is 6.47. The highest BCUT2D eigenvalue weighted by Gasteiger charge is 2.16. The largest absolute Gasteiger partial charge is 0.388 e. The SMILES string of the molecule is Cc1nnc(SC(CC(=N)N)c2ccccc2)s1. The van der Waals surface area contributed by atoms with Gasteiger partial charge in [-0.2, -0.15) is 0 Å². The zero-order valence-corrected chi connectivity index (χ0v) is 11.6. The van der Waals surface area contributed by atoms with Crippen LogP contribution in [0.25, 0.3) is 0 Å². The number of amidine groups is 1. The zero-order chi connectivity index (χ0) is 13.0. The van der Waals surface area contributed by atoms with E-state index in [2.05, 4.69) is 22.3 Å². The average Bonchev–Trinajstić information content (AvgIpc) is 2.75. The molecule has 2 aromatic rings. The molecular weight excluding hydrogens is 264 g/mol. The molecule has 4 nitrogen and oxygen atoms in total. The van der Waals surface area contributed by atoms with E-state index in [1.165, 1.54) is 0 Å². The summed E-state index contributed by atoms with van der Waals surface area (Å²) in [6, 6.07) is 10.1. The van der Waals surface area contributed by atoms with Crippen molar-refractivity contribution < 1.29 is 0 Å². The number of rotatable bonds is 5. The van der Waals surface area contributed by atoms with Gasteiger partial charge in [-0.3, -0.25) is 5.41 Å². The molecule has 2 rings (SSSR count). The normalized spacial score (nSPS) is 12.3. The summed E-state index contributed by atoms with van der Waals surface area (Å²) < 4.78 is 0.919. The number of hydrogen-bond acceptors (Lipinski definition) is 5. The molecule has 0 radical (unpaired) electrons. The molecule has 3 N–H and O–H groups in total. The number of hydrogen-bond donors (Lipinski definition) is 2. The van der Waals surface area contributed by atoms with Crippen molar-refractivity contribution in [2.75, 3.05) is 0 Å². The van der Waals surface area contributed by atoms with Gasteiger partial charge in [-0.1, -0.05) is 53.4 Å². The molecule has 0 aliphatic heterocycles. The Labute approximate surface area is 114 Å². The fourth-order valence-corrected chi connectivity index (χ4v) is 3.75. The van der Waals surface area contributed by atoms with Crippen molar-refractivity contribution >= 4 is 28.9 Å². The summed E-state index contributed by atoms with van der Waals surface area (Å²) in [7, 11) is 0. The summed E-state index contributed by atoms with van der Waals surface area (Å²) >= 11 is 3.18. The lowest BCUT2D eigenvalue weighted by Crippen LogP contribution is -2.13. The minimum Gasteiger partial charge on any atom is -0.388 e. The molecule has 0 spiro atoms. The molecule has 0 aliphatic carbocycles. The molecule has 6 heteroatoms. The molecule has 1 unspecified atom stereocenters. The van der Waals surface area contributed by atoms with Crippen LogP contribution in [0, 0.1) is 12.3 Å². The first-order valence-corrected chi connectivity index (χ1v) is 7.19. The number of thioether (sulfide) groups is 1. The lowest BCUT2D eigenvalue weighted by Gasteiger charge is -2.14. The van der Waals surface area contributed by atoms with Crippen LogP contribution in [-0.4, -0.2) is 16.0 Å². The lowest BCUT2D eigenvalue weighted by molar-refractivity contribution is 0.955. The number of nitrogens with one attached hydrogen (secondary N) is 1. The summed E-state index contributed by atoms with van der Waals surface area (Å²) in [5.74, 6) is 0.192. The maximum Gasteiger partial charge on any atom is 0.174 e. The number of nitrogens with two attached hydrogens (primary N) is 1. The van der Waals surface area contributed by atoms with Gasteiger partial charge in [0.15, 0.2) is 4.34 Å². The van der Waals surface area contributed by atoms with Crippen LogP contribution in [0.2, 0.25) is 0 Å². The lowest BCUT2D eigenvalue weighted by atomic mass is 10.1. The molecular formula is C12H14N4S2. The molecule has 94 valence electrons. The monoisotopic (exact) mass is 278 g/mol. The van der Waals surface area contributed by atoms with Crippen LogP contribution in [0.15, 0.2) is 34.7 Å². The van der Waals surface area contributed by atoms with Gasteiger partial charge >= 0.3 is 0 Å². The molecule has 0 aliphatic rings. The third kappa shape index (κ3) is 3.54. The highest BCUT2D eigenvalue weighted by molar-refractivity contribution is 8.01. The van der Waals surface area contributed by atoms with Gasteiger partial charge in [0.1, 0.15) is 5.01 Å². The van der Waals surface area contributed by atoms with Gasteiger partial charge in [-0.25, -0.2) is 0 Å². The number of aromatic nitrogens is 2. The first-order valence-electron chi connectivity index (χ1n) is 5.50. The third-order valence-electron chi connectivity index (χ3n) is 2.33. The Balaban J connectivity index is 2.18. The topological polar surface area (TPSA) is 75.7 Å². The highest BCUT2D eigenvalue weighted by Crippen LogP contribution is 2.38. The minimum atomic E-state index is 0.121. The summed E-state index contributed by atoms with van der Waals surface area (Å²) in [6.45, 7) is 1.93. The van der Waals surface area contributed by atoms with Gasteiger partial charge in [-0.05, 0) is 12.5 Å². The Morgan fingerprint density at radius 2 is 2.11 bits per heavy atom. The second kappa shape index (κ2) is 5.97. The van der Waals surface area contributed by atoms with Crippen LogP contribution in [0.1, 0.15) is 22.2 Å². The average molecular weight is 278 g/mol. The summed E-state index contributed by atoms with van der Waals surface area (Å²) in [5.41, 5.74) is 6.68. The van der Waals surface area contributed by atoms with E-state index in [-0.39, 0.29) is 11.1 Å². The van der Waals surface area contributed by atoms with Gasteiger partial charge < -0.3 is 5.73 Å². The Bertz CT molecular complexity index is 524. The molecule has 1 aromatic heterocycles. The quantitative estimate of drug-likeness (QED) is 0.501. The van der Waals surface area contributed by atoms with Crippen LogP contribution in [0.4, 0.5) is 0 Å². The Kier molecular flexibility index (Phi) is 4.33. The number of benzene rings is 1. The molecule has 0 saturated carbocycles. The third-order valence-corrected chi connectivity index (χ3v) is 4.51. The predicted molar refractivity (Wildman–Crippen MR) is 76.2 cm³/mol. The maximum atomic E-state index is 7.48. The van der Waals surface area contributed by atoms with Crippen molar-refractivity contribution in [3.05, 3.63) is 40.9 Å². The van der Waals surface area contributed by atoms with E-state index in [1.54, 1.807) is 23.1 Å². The van der Waals surface area contributed by atoms with E-state index in [1.807, 2.05) is 25.1 Å². The smallest absolute Gasteiger partial charge is 0.174 e. The van der Waals surface area contributed by atoms with Crippen LogP contribution < -0.4 is 5.73 Å². The number of nitrogens with zero attached hydrogens (tertiary/aromatic N) is 2. The number of aryl methyl sites for hydroxylation is 1. The molecule has 0 fully saturated rings. The van der Waals surface area contributed by atoms with Gasteiger partial charge in [0, 0.05) is 11.7 Å². The summed E-state index contributed by atoms with van der Waals surface area (Å²) in [6.07, 6.45) is 0.521. The summed E-state index contributed by atoms with van der Waals surface area (Å²) in [4.78, 5) is 0. The molecule has 1 aromatic carbocycles. The Morgan fingerprint density at radius 1 is 1.39 bits per heavy atom. The van der Waals surface area contributed by atoms with Crippen molar-refractivity contribution in [2.24, 2.45) is 5.73 Å². The van der Waals surface area contributed by atoms with Crippen LogP contribution in [0.3, 0.4) is 0 Å². The van der Waals surface area contributed by atoms with Gasteiger partial charge in [0.2, 0.25) is 0 Å². The molecule has 0 amide bonds. The van der Waals surface area contributed by atoms with E-state index in [0.717, 1.165) is 14.9 Å². The van der Waals surface area contributed by atoms with Gasteiger partial charge in [-0.15, -0.1) is 10.2 Å². The van der Waals surface area contributed by atoms with Crippen LogP contribution in [0.5, 0.6) is 0 Å². The Morgan fingerprint density at radius 3 is 2.67 bits per heavy atom. The van der Waals surface area contributed by atoms with Crippen molar-refractivity contribution in [1.82, 2.24) is 10.2 Å². The fraction of sp³-hybridized carbons (Fsp3) is 0.250. The molecule has 18 heavy (non-hydrogen) atoms. The van der Waals surface area contributed by atoms with Crippen LogP contribution in [-0.2, 0) is 0 Å². The Hall–Kier alpha value is -1.40. The molecule has 0 saturated heterocycles. The van der Waals surface area contributed by atoms with Crippen molar-refractivity contribution in [3.63, 3.8) is 0 Å². The van der Waals surface area contributed by atoms with Crippen molar-refractivity contribution in [2.45, 2.75) is 22.9 Å². The maximum absolute atomic E-state index is 7.48. The van der Waals surface area contributed by atoms with E-state index in [4.69, 9.17) is 11.1 Å². The second-order valence-electron chi connectivity index (χ2n) is 3.83. The highest BCUT2D eigenvalue weighted by atomic mass is 32.2. The van der Waals surface area contributed by atoms with E-state index in [0.29, 0.717) is 6.42 Å². The minimum absolute atomic E-state index is 0.121. The predicted octanol–water partition coefficient (Wildman–Crippen LogP) is 3.01. The molecule has 1 atom stereocenters. The van der Waals surface area contributed by atoms with Crippen molar-refractivity contribution in [1.29, 1.82) is 5.41 Å². The van der Waals surface area contributed by atoms with E-state index < -0.39 is 0 Å². The first-order chi connectivity index (χ1) is 8.65. The summed E-state index contributed by atoms with van der Waals surface area (Å²) in [5, 5.41) is 16.7. The standard InChI is InChI=1S/C12H14N4S2/c1-8-15-16-12(17-8)18-10(7-11(13)14)9-5-3-2-4-6-9/h2-6,10H,7H2,1H3,(H3,13,14).